The Morgan fingerprint density at radius 2 is 1.68 bits per heavy atom. The zero-order valence-electron chi connectivity index (χ0n) is 20.3. The van der Waals surface area contributed by atoms with E-state index in [9.17, 15) is 18.0 Å². The number of hydrogen-bond acceptors (Lipinski definition) is 4. The highest BCUT2D eigenvalue weighted by Crippen LogP contribution is 2.60. The summed E-state index contributed by atoms with van der Waals surface area (Å²) in [5.41, 5.74) is 0.197. The summed E-state index contributed by atoms with van der Waals surface area (Å²) in [5, 5.41) is 2.91. The third-order valence-electron chi connectivity index (χ3n) is 8.75. The molecule has 7 nitrogen and oxygen atoms in total. The van der Waals surface area contributed by atoms with Gasteiger partial charge >= 0.3 is 0 Å². The molecule has 34 heavy (non-hydrogen) atoms. The Morgan fingerprint density at radius 1 is 1.06 bits per heavy atom. The van der Waals surface area contributed by atoms with Crippen molar-refractivity contribution in [3.8, 4) is 0 Å². The summed E-state index contributed by atoms with van der Waals surface area (Å²) in [7, 11) is -3.61. The van der Waals surface area contributed by atoms with Crippen molar-refractivity contribution in [1.29, 1.82) is 0 Å². The van der Waals surface area contributed by atoms with Gasteiger partial charge in [-0.25, -0.2) is 8.42 Å². The Kier molecular flexibility index (Phi) is 6.25. The second-order valence-electron chi connectivity index (χ2n) is 11.0. The summed E-state index contributed by atoms with van der Waals surface area (Å²) in [6, 6.07) is 5.95. The normalized spacial score (nSPS) is 32.4. The van der Waals surface area contributed by atoms with Crippen molar-refractivity contribution in [3.05, 3.63) is 24.3 Å². The molecule has 4 aliphatic carbocycles. The van der Waals surface area contributed by atoms with Gasteiger partial charge in [-0.3, -0.25) is 9.59 Å². The van der Waals surface area contributed by atoms with Crippen molar-refractivity contribution in [1.82, 2.24) is 9.21 Å². The van der Waals surface area contributed by atoms with E-state index in [1.165, 1.54) is 29.6 Å². The first-order valence-corrected chi connectivity index (χ1v) is 14.4. The van der Waals surface area contributed by atoms with Crippen LogP contribution in [-0.2, 0) is 19.6 Å². The molecule has 186 valence electrons. The van der Waals surface area contributed by atoms with Crippen LogP contribution in [-0.4, -0.2) is 55.1 Å². The number of anilines is 1. The van der Waals surface area contributed by atoms with E-state index in [4.69, 9.17) is 0 Å². The fourth-order valence-electron chi connectivity index (χ4n) is 7.63. The van der Waals surface area contributed by atoms with Crippen LogP contribution in [0.2, 0.25) is 0 Å². The van der Waals surface area contributed by atoms with Crippen LogP contribution in [0.5, 0.6) is 0 Å². The van der Waals surface area contributed by atoms with Crippen molar-refractivity contribution in [2.45, 2.75) is 76.2 Å². The predicted molar refractivity (Wildman–Crippen MR) is 131 cm³/mol. The molecule has 5 fully saturated rings. The van der Waals surface area contributed by atoms with Crippen LogP contribution in [0.15, 0.2) is 29.2 Å². The average molecular weight is 488 g/mol. The summed E-state index contributed by atoms with van der Waals surface area (Å²) in [6.07, 6.45) is 8.30. The molecule has 1 atom stereocenters. The molecule has 4 saturated carbocycles. The Hall–Kier alpha value is -1.93. The van der Waals surface area contributed by atoms with E-state index >= 15 is 0 Å². The van der Waals surface area contributed by atoms with Gasteiger partial charge in [0, 0.05) is 25.3 Å². The van der Waals surface area contributed by atoms with Gasteiger partial charge < -0.3 is 10.2 Å². The van der Waals surface area contributed by atoms with Crippen molar-refractivity contribution in [2.24, 2.45) is 23.2 Å². The molecule has 1 heterocycles. The van der Waals surface area contributed by atoms with Crippen LogP contribution in [0.1, 0.15) is 65.2 Å². The van der Waals surface area contributed by atoms with Gasteiger partial charge in [0.05, 0.1) is 10.3 Å². The van der Waals surface area contributed by atoms with Gasteiger partial charge in [-0.05, 0) is 87.3 Å². The standard InChI is InChI=1S/C26H37N3O4S/c1-3-28(4-2)34(32,33)22-8-5-7-21(14-22)27-24(30)23-9-6-10-29(23)25(31)26-15-18-11-19(16-26)13-20(12-18)17-26/h5,7-8,14,18-20,23H,3-4,6,9-13,15-17H2,1-2H3,(H,27,30)/t18?,19?,20?,23-,26?/m1/s1. The first kappa shape index (κ1) is 23.8. The van der Waals surface area contributed by atoms with Gasteiger partial charge in [-0.2, -0.15) is 4.31 Å². The molecule has 1 aromatic carbocycles. The number of carbonyl (C=O) groups excluding carboxylic acids is 2. The van der Waals surface area contributed by atoms with Gasteiger partial charge in [0.25, 0.3) is 0 Å². The van der Waals surface area contributed by atoms with E-state index in [2.05, 4.69) is 5.32 Å². The Balaban J connectivity index is 1.31. The molecule has 6 rings (SSSR count). The molecule has 0 unspecified atom stereocenters. The molecule has 8 heteroatoms. The maximum atomic E-state index is 13.9. The van der Waals surface area contributed by atoms with Crippen LogP contribution in [0.25, 0.3) is 0 Å². The molecule has 2 amide bonds. The molecular formula is C26H37N3O4S. The van der Waals surface area contributed by atoms with Crippen LogP contribution in [0.4, 0.5) is 5.69 Å². The van der Waals surface area contributed by atoms with Crippen molar-refractivity contribution in [2.75, 3.05) is 25.0 Å². The van der Waals surface area contributed by atoms with Crippen molar-refractivity contribution in [3.63, 3.8) is 0 Å². The Bertz CT molecular complexity index is 1030. The smallest absolute Gasteiger partial charge is 0.247 e. The zero-order chi connectivity index (χ0) is 24.1. The summed E-state index contributed by atoms with van der Waals surface area (Å²) < 4.78 is 27.2. The lowest BCUT2D eigenvalue weighted by Gasteiger charge is -2.56. The van der Waals surface area contributed by atoms with Crippen molar-refractivity contribution < 1.29 is 18.0 Å². The summed E-state index contributed by atoms with van der Waals surface area (Å²) >= 11 is 0. The van der Waals surface area contributed by atoms with E-state index in [0.29, 0.717) is 49.5 Å². The third-order valence-corrected chi connectivity index (χ3v) is 10.8. The maximum absolute atomic E-state index is 13.9. The number of sulfonamides is 1. The Morgan fingerprint density at radius 3 is 2.26 bits per heavy atom. The molecular weight excluding hydrogens is 450 g/mol. The minimum Gasteiger partial charge on any atom is -0.330 e. The van der Waals surface area contributed by atoms with Gasteiger partial charge in [0.1, 0.15) is 6.04 Å². The summed E-state index contributed by atoms with van der Waals surface area (Å²) in [5.74, 6) is 2.02. The van der Waals surface area contributed by atoms with E-state index in [1.807, 2.05) is 18.7 Å². The maximum Gasteiger partial charge on any atom is 0.247 e. The second kappa shape index (κ2) is 8.94. The monoisotopic (exact) mass is 487 g/mol. The molecule has 1 aliphatic heterocycles. The Labute approximate surface area is 203 Å². The van der Waals surface area contributed by atoms with Crippen LogP contribution >= 0.6 is 0 Å². The van der Waals surface area contributed by atoms with E-state index < -0.39 is 16.1 Å². The number of carbonyl (C=O) groups is 2. The molecule has 1 saturated heterocycles. The number of likely N-dealkylation sites (tertiary alicyclic amines) is 1. The lowest BCUT2D eigenvalue weighted by Crippen LogP contribution is -2.56. The summed E-state index contributed by atoms with van der Waals surface area (Å²) in [6.45, 7) is 5.02. The predicted octanol–water partition coefficient (Wildman–Crippen LogP) is 3.86. The van der Waals surface area contributed by atoms with E-state index in [1.54, 1.807) is 18.2 Å². The first-order valence-electron chi connectivity index (χ1n) is 13.0. The first-order chi connectivity index (χ1) is 16.3. The summed E-state index contributed by atoms with van der Waals surface area (Å²) in [4.78, 5) is 29.2. The number of nitrogens with one attached hydrogen (secondary N) is 1. The molecule has 0 radical (unpaired) electrons. The second-order valence-corrected chi connectivity index (χ2v) is 12.9. The van der Waals surface area contributed by atoms with Crippen LogP contribution in [0, 0.1) is 23.2 Å². The number of hydrogen-bond donors (Lipinski definition) is 1. The third kappa shape index (κ3) is 4.06. The quantitative estimate of drug-likeness (QED) is 0.633. The molecule has 4 bridgehead atoms. The fraction of sp³-hybridized carbons (Fsp3) is 0.692. The van der Waals surface area contributed by atoms with Crippen molar-refractivity contribution >= 4 is 27.5 Å². The number of nitrogens with zero attached hydrogens (tertiary/aromatic N) is 2. The topological polar surface area (TPSA) is 86.8 Å². The number of benzene rings is 1. The molecule has 0 aromatic heterocycles. The highest BCUT2D eigenvalue weighted by molar-refractivity contribution is 7.89. The zero-order valence-corrected chi connectivity index (χ0v) is 21.1. The highest BCUT2D eigenvalue weighted by Gasteiger charge is 2.56. The molecule has 1 N–H and O–H groups in total. The SMILES string of the molecule is CCN(CC)S(=O)(=O)c1cccc(NC(=O)[C@H]2CCCN2C(=O)C23CC4CC(CC(C4)C2)C3)c1. The van der Waals surface area contributed by atoms with E-state index in [-0.39, 0.29) is 22.1 Å². The van der Waals surface area contributed by atoms with Gasteiger partial charge in [0.15, 0.2) is 0 Å². The number of amides is 2. The van der Waals surface area contributed by atoms with Gasteiger partial charge in [0.2, 0.25) is 21.8 Å². The average Bonchev–Trinajstić information content (AvgIpc) is 3.28. The van der Waals surface area contributed by atoms with E-state index in [0.717, 1.165) is 25.7 Å². The molecule has 5 aliphatic rings. The fourth-order valence-corrected chi connectivity index (χ4v) is 9.14. The lowest BCUT2D eigenvalue weighted by molar-refractivity contribution is -0.160. The molecule has 1 aromatic rings. The van der Waals surface area contributed by atoms with Crippen LogP contribution in [0.3, 0.4) is 0 Å². The van der Waals surface area contributed by atoms with Crippen LogP contribution < -0.4 is 5.32 Å². The lowest BCUT2D eigenvalue weighted by atomic mass is 9.49. The van der Waals surface area contributed by atoms with Gasteiger partial charge in [-0.1, -0.05) is 19.9 Å². The molecule has 0 spiro atoms. The minimum atomic E-state index is -3.61. The number of rotatable bonds is 7. The highest BCUT2D eigenvalue weighted by atomic mass is 32.2. The minimum absolute atomic E-state index is 0.168. The van der Waals surface area contributed by atoms with Gasteiger partial charge in [-0.15, -0.1) is 0 Å². The largest absolute Gasteiger partial charge is 0.330 e.